The number of nitrogens with zero attached hydrogens (tertiary/aromatic N) is 1. The van der Waals surface area contributed by atoms with Gasteiger partial charge in [0.15, 0.2) is 0 Å². The Kier molecular flexibility index (Phi) is 1.83. The third kappa shape index (κ3) is 1.62. The number of pyridine rings is 1. The van der Waals surface area contributed by atoms with Crippen LogP contribution in [0.2, 0.25) is 0 Å². The Balaban J connectivity index is 2.18. The maximum Gasteiger partial charge on any atom is 0.253 e. The molecule has 3 nitrogen and oxygen atoms in total. The van der Waals surface area contributed by atoms with E-state index in [0.717, 1.165) is 0 Å². The topological polar surface area (TPSA) is 48.0 Å². The fraction of sp³-hybridized carbons (Fsp3) is 0.444. The third-order valence-electron chi connectivity index (χ3n) is 2.38. The van der Waals surface area contributed by atoms with Gasteiger partial charge in [0.25, 0.3) is 11.5 Å². The summed E-state index contributed by atoms with van der Waals surface area (Å²) in [4.78, 5) is 11.2. The molecule has 1 aliphatic rings. The van der Waals surface area contributed by atoms with Gasteiger partial charge in [-0.05, 0) is 6.07 Å². The van der Waals surface area contributed by atoms with Gasteiger partial charge in [0.2, 0.25) is 0 Å². The predicted molar refractivity (Wildman–Crippen MR) is 48.2 cm³/mol. The Bertz CT molecular complexity index is 414. The van der Waals surface area contributed by atoms with Crippen molar-refractivity contribution < 1.29 is 8.78 Å². The van der Waals surface area contributed by atoms with Gasteiger partial charge in [-0.3, -0.25) is 4.79 Å². The van der Waals surface area contributed by atoms with E-state index in [1.807, 2.05) is 0 Å². The van der Waals surface area contributed by atoms with Crippen molar-refractivity contribution in [1.82, 2.24) is 4.57 Å². The molecule has 14 heavy (non-hydrogen) atoms. The van der Waals surface area contributed by atoms with Crippen LogP contribution in [0.25, 0.3) is 0 Å². The van der Waals surface area contributed by atoms with Gasteiger partial charge < -0.3 is 10.3 Å². The zero-order chi connectivity index (χ0) is 10.3. The lowest BCUT2D eigenvalue weighted by Gasteiger charge is -2.04. The first-order valence-corrected chi connectivity index (χ1v) is 4.33. The molecule has 1 atom stereocenters. The van der Waals surface area contributed by atoms with Gasteiger partial charge >= 0.3 is 0 Å². The van der Waals surface area contributed by atoms with Crippen LogP contribution in [0, 0.1) is 5.92 Å². The summed E-state index contributed by atoms with van der Waals surface area (Å²) in [7, 11) is 0. The van der Waals surface area contributed by atoms with Crippen LogP contribution in [0.1, 0.15) is 6.42 Å². The molecule has 0 bridgehead atoms. The molecule has 0 amide bonds. The molecule has 2 rings (SSSR count). The molecule has 1 aromatic rings. The van der Waals surface area contributed by atoms with E-state index in [1.165, 1.54) is 22.9 Å². The van der Waals surface area contributed by atoms with Crippen molar-refractivity contribution in [2.45, 2.75) is 18.9 Å². The van der Waals surface area contributed by atoms with Gasteiger partial charge in [0.05, 0.1) is 0 Å². The van der Waals surface area contributed by atoms with E-state index < -0.39 is 11.8 Å². The zero-order valence-electron chi connectivity index (χ0n) is 7.41. The van der Waals surface area contributed by atoms with Crippen LogP contribution >= 0.6 is 0 Å². The minimum Gasteiger partial charge on any atom is -0.398 e. The van der Waals surface area contributed by atoms with Crippen LogP contribution < -0.4 is 11.3 Å². The first kappa shape index (κ1) is 9.18. The molecule has 0 spiro atoms. The smallest absolute Gasteiger partial charge is 0.253 e. The number of anilines is 1. The molecule has 1 saturated carbocycles. The maximum absolute atomic E-state index is 12.6. The Morgan fingerprint density at radius 3 is 2.79 bits per heavy atom. The molecule has 0 aliphatic heterocycles. The molecular weight excluding hydrogens is 190 g/mol. The summed E-state index contributed by atoms with van der Waals surface area (Å²) in [5.41, 5.74) is 5.56. The highest BCUT2D eigenvalue weighted by Gasteiger charge is 2.56. The lowest BCUT2D eigenvalue weighted by Crippen LogP contribution is -2.21. The van der Waals surface area contributed by atoms with E-state index in [1.54, 1.807) is 0 Å². The number of rotatable bonds is 2. The molecule has 2 N–H and O–H groups in total. The average Bonchev–Trinajstić information content (AvgIpc) is 2.67. The number of alkyl halides is 2. The summed E-state index contributed by atoms with van der Waals surface area (Å²) in [6.45, 7) is 0.0525. The summed E-state index contributed by atoms with van der Waals surface area (Å²) in [6.07, 6.45) is 1.27. The van der Waals surface area contributed by atoms with Crippen molar-refractivity contribution in [3.8, 4) is 0 Å². The summed E-state index contributed by atoms with van der Waals surface area (Å²) < 4.78 is 26.4. The summed E-state index contributed by atoms with van der Waals surface area (Å²) in [5.74, 6) is -3.30. The Hall–Kier alpha value is -1.39. The van der Waals surface area contributed by atoms with Crippen LogP contribution in [0.15, 0.2) is 23.1 Å². The van der Waals surface area contributed by atoms with E-state index in [-0.39, 0.29) is 18.5 Å². The van der Waals surface area contributed by atoms with E-state index in [2.05, 4.69) is 0 Å². The molecule has 5 heteroatoms. The van der Waals surface area contributed by atoms with Crippen molar-refractivity contribution in [3.63, 3.8) is 0 Å². The SMILES string of the molecule is Nc1ccc(=O)n(CC2CC2(F)F)c1. The van der Waals surface area contributed by atoms with E-state index >= 15 is 0 Å². The number of aromatic nitrogens is 1. The molecule has 0 aromatic carbocycles. The van der Waals surface area contributed by atoms with E-state index in [4.69, 9.17) is 5.73 Å². The Morgan fingerprint density at radius 2 is 2.21 bits per heavy atom. The van der Waals surface area contributed by atoms with Crippen molar-refractivity contribution >= 4 is 5.69 Å². The number of hydrogen-bond acceptors (Lipinski definition) is 2. The maximum atomic E-state index is 12.6. The van der Waals surface area contributed by atoms with E-state index in [9.17, 15) is 13.6 Å². The third-order valence-corrected chi connectivity index (χ3v) is 2.38. The fourth-order valence-corrected chi connectivity index (χ4v) is 1.40. The normalized spacial score (nSPS) is 23.4. The first-order chi connectivity index (χ1) is 6.49. The lowest BCUT2D eigenvalue weighted by atomic mass is 10.3. The summed E-state index contributed by atoms with van der Waals surface area (Å²) >= 11 is 0. The van der Waals surface area contributed by atoms with Gasteiger partial charge in [-0.2, -0.15) is 0 Å². The Labute approximate surface area is 79.1 Å². The Morgan fingerprint density at radius 1 is 1.57 bits per heavy atom. The number of nitrogens with two attached hydrogens (primary N) is 1. The number of hydrogen-bond donors (Lipinski definition) is 1. The van der Waals surface area contributed by atoms with Gasteiger partial charge in [-0.1, -0.05) is 0 Å². The molecular formula is C9H10F2N2O. The van der Waals surface area contributed by atoms with Gasteiger partial charge in [0.1, 0.15) is 0 Å². The van der Waals surface area contributed by atoms with Crippen molar-refractivity contribution in [2.75, 3.05) is 5.73 Å². The number of halogens is 2. The fourth-order valence-electron chi connectivity index (χ4n) is 1.40. The highest BCUT2D eigenvalue weighted by atomic mass is 19.3. The van der Waals surface area contributed by atoms with Crippen LogP contribution in [-0.4, -0.2) is 10.5 Å². The second kappa shape index (κ2) is 2.80. The monoisotopic (exact) mass is 200 g/mol. The second-order valence-corrected chi connectivity index (χ2v) is 3.62. The largest absolute Gasteiger partial charge is 0.398 e. The van der Waals surface area contributed by atoms with Gasteiger partial charge in [0, 0.05) is 36.8 Å². The van der Waals surface area contributed by atoms with Crippen molar-refractivity contribution in [3.05, 3.63) is 28.7 Å². The highest BCUT2D eigenvalue weighted by Crippen LogP contribution is 2.49. The predicted octanol–water partition coefficient (Wildman–Crippen LogP) is 1.09. The first-order valence-electron chi connectivity index (χ1n) is 4.33. The van der Waals surface area contributed by atoms with Crippen LogP contribution in [-0.2, 0) is 6.54 Å². The molecule has 1 aliphatic carbocycles. The molecule has 1 fully saturated rings. The molecule has 0 saturated heterocycles. The number of nitrogen functional groups attached to an aromatic ring is 1. The lowest BCUT2D eigenvalue weighted by molar-refractivity contribution is 0.0949. The second-order valence-electron chi connectivity index (χ2n) is 3.62. The van der Waals surface area contributed by atoms with Crippen LogP contribution in [0.3, 0.4) is 0 Å². The molecule has 1 aromatic heterocycles. The minimum absolute atomic E-state index is 0.0525. The van der Waals surface area contributed by atoms with Gasteiger partial charge in [-0.15, -0.1) is 0 Å². The minimum atomic E-state index is -2.59. The van der Waals surface area contributed by atoms with Crippen molar-refractivity contribution in [1.29, 1.82) is 0 Å². The molecule has 1 unspecified atom stereocenters. The summed E-state index contributed by atoms with van der Waals surface area (Å²) in [6, 6.07) is 2.75. The molecule has 1 heterocycles. The zero-order valence-corrected chi connectivity index (χ0v) is 7.41. The quantitative estimate of drug-likeness (QED) is 0.776. The molecule has 0 radical (unpaired) electrons. The standard InChI is InChI=1S/C9H10F2N2O/c10-9(11)3-6(9)4-13-5-7(12)1-2-8(13)14/h1-2,5-6H,3-4,12H2. The van der Waals surface area contributed by atoms with Gasteiger partial charge in [-0.25, -0.2) is 8.78 Å². The summed E-state index contributed by atoms with van der Waals surface area (Å²) in [5, 5.41) is 0. The van der Waals surface area contributed by atoms with Crippen LogP contribution in [0.4, 0.5) is 14.5 Å². The highest BCUT2D eigenvalue weighted by molar-refractivity contribution is 5.33. The van der Waals surface area contributed by atoms with E-state index in [0.29, 0.717) is 5.69 Å². The van der Waals surface area contributed by atoms with Crippen LogP contribution in [0.5, 0.6) is 0 Å². The molecule has 76 valence electrons. The van der Waals surface area contributed by atoms with Crippen molar-refractivity contribution in [2.24, 2.45) is 5.92 Å². The average molecular weight is 200 g/mol.